The molecule has 2 rings (SSSR count). The predicted molar refractivity (Wildman–Crippen MR) is 78.6 cm³/mol. The maximum Gasteiger partial charge on any atom is 0.0943 e. The van der Waals surface area contributed by atoms with Crippen molar-refractivity contribution in [3.8, 4) is 0 Å². The molecule has 2 aromatic rings. The molecule has 0 fully saturated rings. The number of rotatable bonds is 6. The topological polar surface area (TPSA) is 37.8 Å². The molecule has 5 heteroatoms. The predicted octanol–water partition coefficient (Wildman–Crippen LogP) is 2.98. The molecule has 98 valence electrons. The molecule has 0 radical (unpaired) electrons. The molecule has 1 unspecified atom stereocenters. The number of likely N-dealkylation sites (N-methyl/N-ethyl adjacent to an activating group) is 1. The second-order valence-electron chi connectivity index (χ2n) is 4.40. The summed E-state index contributed by atoms with van der Waals surface area (Å²) in [6.45, 7) is 7.23. The van der Waals surface area contributed by atoms with E-state index >= 15 is 0 Å². The zero-order valence-electron chi connectivity index (χ0n) is 11.1. The van der Waals surface area contributed by atoms with Crippen LogP contribution in [0.3, 0.4) is 0 Å². The number of aryl methyl sites for hydroxylation is 2. The number of nitrogens with zero attached hydrogens (tertiary/aromatic N) is 2. The van der Waals surface area contributed by atoms with E-state index in [1.54, 1.807) is 22.7 Å². The minimum atomic E-state index is 0.432. The minimum absolute atomic E-state index is 0.432. The molecule has 1 N–H and O–H groups in total. The van der Waals surface area contributed by atoms with Crippen LogP contribution >= 0.6 is 22.7 Å². The van der Waals surface area contributed by atoms with Gasteiger partial charge >= 0.3 is 0 Å². The molecule has 0 aliphatic rings. The van der Waals surface area contributed by atoms with E-state index in [4.69, 9.17) is 0 Å². The van der Waals surface area contributed by atoms with E-state index < -0.39 is 0 Å². The SMILES string of the molecule is CCNC(Cc1csc(C)n1)Cc1nc(C)cs1. The van der Waals surface area contributed by atoms with Gasteiger partial charge in [0.1, 0.15) is 0 Å². The maximum atomic E-state index is 4.54. The van der Waals surface area contributed by atoms with E-state index in [0.29, 0.717) is 6.04 Å². The zero-order chi connectivity index (χ0) is 13.0. The van der Waals surface area contributed by atoms with Crippen molar-refractivity contribution in [1.29, 1.82) is 0 Å². The van der Waals surface area contributed by atoms with E-state index in [0.717, 1.165) is 30.1 Å². The van der Waals surface area contributed by atoms with Gasteiger partial charge in [0.15, 0.2) is 0 Å². The van der Waals surface area contributed by atoms with Gasteiger partial charge in [-0.05, 0) is 20.4 Å². The molecule has 0 aliphatic heterocycles. The number of thiazole rings is 2. The molecule has 2 heterocycles. The molecule has 2 aromatic heterocycles. The molecule has 18 heavy (non-hydrogen) atoms. The van der Waals surface area contributed by atoms with Gasteiger partial charge in [-0.3, -0.25) is 0 Å². The molecule has 0 aliphatic carbocycles. The van der Waals surface area contributed by atoms with Crippen LogP contribution in [0.5, 0.6) is 0 Å². The summed E-state index contributed by atoms with van der Waals surface area (Å²) < 4.78 is 0. The lowest BCUT2D eigenvalue weighted by Gasteiger charge is -2.15. The molecule has 1 atom stereocenters. The summed E-state index contributed by atoms with van der Waals surface area (Å²) in [5, 5.41) is 10.2. The van der Waals surface area contributed by atoms with Gasteiger partial charge in [-0.2, -0.15) is 0 Å². The van der Waals surface area contributed by atoms with Crippen LogP contribution in [0, 0.1) is 13.8 Å². The summed E-state index contributed by atoms with van der Waals surface area (Å²) >= 11 is 3.47. The van der Waals surface area contributed by atoms with Crippen molar-refractivity contribution in [3.63, 3.8) is 0 Å². The van der Waals surface area contributed by atoms with Gasteiger partial charge in [-0.1, -0.05) is 6.92 Å². The lowest BCUT2D eigenvalue weighted by atomic mass is 10.1. The molecule has 0 saturated heterocycles. The van der Waals surface area contributed by atoms with E-state index in [2.05, 4.69) is 39.9 Å². The second-order valence-corrected chi connectivity index (χ2v) is 6.41. The first-order valence-corrected chi connectivity index (χ1v) is 7.98. The van der Waals surface area contributed by atoms with Gasteiger partial charge in [0.25, 0.3) is 0 Å². The monoisotopic (exact) mass is 281 g/mol. The zero-order valence-corrected chi connectivity index (χ0v) is 12.7. The molecule has 0 bridgehead atoms. The number of hydrogen-bond donors (Lipinski definition) is 1. The van der Waals surface area contributed by atoms with Crippen LogP contribution in [-0.4, -0.2) is 22.6 Å². The minimum Gasteiger partial charge on any atom is -0.313 e. The van der Waals surface area contributed by atoms with Gasteiger partial charge in [-0.15, -0.1) is 22.7 Å². The van der Waals surface area contributed by atoms with Crippen LogP contribution in [0.15, 0.2) is 10.8 Å². The average Bonchev–Trinajstić information content (AvgIpc) is 2.89. The first-order chi connectivity index (χ1) is 8.67. The summed E-state index contributed by atoms with van der Waals surface area (Å²) in [5.41, 5.74) is 2.31. The summed E-state index contributed by atoms with van der Waals surface area (Å²) in [6, 6.07) is 0.432. The van der Waals surface area contributed by atoms with Crippen molar-refractivity contribution >= 4 is 22.7 Å². The van der Waals surface area contributed by atoms with E-state index in [1.807, 2.05) is 6.92 Å². The van der Waals surface area contributed by atoms with E-state index in [-0.39, 0.29) is 0 Å². The quantitative estimate of drug-likeness (QED) is 0.884. The van der Waals surface area contributed by atoms with Crippen molar-refractivity contribution in [1.82, 2.24) is 15.3 Å². The first kappa shape index (κ1) is 13.6. The lowest BCUT2D eigenvalue weighted by Crippen LogP contribution is -2.33. The summed E-state index contributed by atoms with van der Waals surface area (Å²) in [5.74, 6) is 0. The second kappa shape index (κ2) is 6.41. The van der Waals surface area contributed by atoms with Gasteiger partial charge in [-0.25, -0.2) is 9.97 Å². The van der Waals surface area contributed by atoms with Gasteiger partial charge in [0.05, 0.1) is 15.7 Å². The highest BCUT2D eigenvalue weighted by atomic mass is 32.1. The van der Waals surface area contributed by atoms with E-state index in [1.165, 1.54) is 10.7 Å². The third-order valence-electron chi connectivity index (χ3n) is 2.70. The van der Waals surface area contributed by atoms with Crippen LogP contribution in [-0.2, 0) is 12.8 Å². The molecule has 0 aromatic carbocycles. The Kier molecular flexibility index (Phi) is 4.86. The molecular weight excluding hydrogens is 262 g/mol. The van der Waals surface area contributed by atoms with Crippen molar-refractivity contribution < 1.29 is 0 Å². The third-order valence-corrected chi connectivity index (χ3v) is 4.51. The maximum absolute atomic E-state index is 4.54. The molecular formula is C13H19N3S2. The smallest absolute Gasteiger partial charge is 0.0943 e. The van der Waals surface area contributed by atoms with Crippen molar-refractivity contribution in [2.75, 3.05) is 6.54 Å². The Balaban J connectivity index is 1.99. The third kappa shape index (κ3) is 3.86. The van der Waals surface area contributed by atoms with Gasteiger partial charge in [0, 0.05) is 35.3 Å². The Hall–Kier alpha value is -0.780. The summed E-state index contributed by atoms with van der Waals surface area (Å²) in [6.07, 6.45) is 1.97. The Morgan fingerprint density at radius 3 is 2.56 bits per heavy atom. The van der Waals surface area contributed by atoms with E-state index in [9.17, 15) is 0 Å². The Labute approximate surface area is 116 Å². The van der Waals surface area contributed by atoms with Crippen molar-refractivity contribution in [3.05, 3.63) is 32.2 Å². The summed E-state index contributed by atoms with van der Waals surface area (Å²) in [7, 11) is 0. The fourth-order valence-electron chi connectivity index (χ4n) is 1.97. The van der Waals surface area contributed by atoms with Gasteiger partial charge < -0.3 is 5.32 Å². The highest BCUT2D eigenvalue weighted by Crippen LogP contribution is 2.15. The van der Waals surface area contributed by atoms with Crippen molar-refractivity contribution in [2.24, 2.45) is 0 Å². The molecule has 0 amide bonds. The van der Waals surface area contributed by atoms with Crippen LogP contribution < -0.4 is 5.32 Å². The van der Waals surface area contributed by atoms with Crippen LogP contribution in [0.2, 0.25) is 0 Å². The molecule has 0 saturated carbocycles. The van der Waals surface area contributed by atoms with Crippen LogP contribution in [0.25, 0.3) is 0 Å². The van der Waals surface area contributed by atoms with Crippen LogP contribution in [0.1, 0.15) is 28.3 Å². The largest absolute Gasteiger partial charge is 0.313 e. The van der Waals surface area contributed by atoms with Crippen molar-refractivity contribution in [2.45, 2.75) is 39.7 Å². The normalized spacial score (nSPS) is 12.8. The highest BCUT2D eigenvalue weighted by molar-refractivity contribution is 7.09. The fourth-order valence-corrected chi connectivity index (χ4v) is 3.45. The summed E-state index contributed by atoms with van der Waals surface area (Å²) in [4.78, 5) is 9.08. The highest BCUT2D eigenvalue weighted by Gasteiger charge is 2.13. The first-order valence-electron chi connectivity index (χ1n) is 6.22. The number of aromatic nitrogens is 2. The Bertz CT molecular complexity index is 448. The Morgan fingerprint density at radius 1 is 1.17 bits per heavy atom. The molecule has 0 spiro atoms. The number of nitrogens with one attached hydrogen (secondary N) is 1. The Morgan fingerprint density at radius 2 is 2.00 bits per heavy atom. The number of hydrogen-bond acceptors (Lipinski definition) is 5. The molecule has 3 nitrogen and oxygen atoms in total. The van der Waals surface area contributed by atoms with Gasteiger partial charge in [0.2, 0.25) is 0 Å². The fraction of sp³-hybridized carbons (Fsp3) is 0.538. The average molecular weight is 281 g/mol. The van der Waals surface area contributed by atoms with Crippen LogP contribution in [0.4, 0.5) is 0 Å². The standard InChI is InChI=1S/C13H19N3S2/c1-4-14-11(5-12-8-17-10(3)16-12)6-13-15-9(2)7-18-13/h7-8,11,14H,4-6H2,1-3H3. The lowest BCUT2D eigenvalue weighted by molar-refractivity contribution is 0.516.